The van der Waals surface area contributed by atoms with Crippen molar-refractivity contribution in [2.45, 2.75) is 47.0 Å². The van der Waals surface area contributed by atoms with E-state index < -0.39 is 0 Å². The number of allylic oxidation sites excluding steroid dienone is 9. The number of hydrogen-bond donors (Lipinski definition) is 1. The van der Waals surface area contributed by atoms with Gasteiger partial charge in [-0.15, -0.1) is 0 Å². The van der Waals surface area contributed by atoms with Crippen LogP contribution in [0.3, 0.4) is 0 Å². The molecule has 0 saturated carbocycles. The molecule has 0 radical (unpaired) electrons. The zero-order chi connectivity index (χ0) is 22.7. The first-order valence-electron chi connectivity index (χ1n) is 9.74. The second kappa shape index (κ2) is 19.0. The van der Waals surface area contributed by atoms with Crippen LogP contribution in [0.5, 0.6) is 0 Å². The number of rotatable bonds is 11. The number of nitrogens with zero attached hydrogens (tertiary/aromatic N) is 1. The Labute approximate surface area is 181 Å². The van der Waals surface area contributed by atoms with E-state index in [4.69, 9.17) is 11.6 Å². The van der Waals surface area contributed by atoms with Crippen LogP contribution < -0.4 is 5.32 Å². The van der Waals surface area contributed by atoms with E-state index in [1.54, 1.807) is 42.5 Å². The fraction of sp³-hybridized carbons (Fsp3) is 0.375. The lowest BCUT2D eigenvalue weighted by atomic mass is 10.1. The first kappa shape index (κ1) is 28.9. The van der Waals surface area contributed by atoms with E-state index in [0.29, 0.717) is 23.7 Å². The van der Waals surface area contributed by atoms with Crippen LogP contribution in [-0.2, 0) is 4.79 Å². The lowest BCUT2D eigenvalue weighted by Crippen LogP contribution is -2.32. The molecule has 1 N–H and O–H groups in total. The second-order valence-corrected chi connectivity index (χ2v) is 6.41. The maximum atomic E-state index is 12.7. The highest BCUT2D eigenvalue weighted by Gasteiger charge is 2.17. The molecule has 0 aromatic carbocycles. The highest BCUT2D eigenvalue weighted by molar-refractivity contribution is 6.31. The third-order valence-electron chi connectivity index (χ3n) is 3.65. The van der Waals surface area contributed by atoms with Gasteiger partial charge in [0.25, 0.3) is 5.91 Å². The smallest absolute Gasteiger partial charge is 0.267 e. The van der Waals surface area contributed by atoms with Crippen LogP contribution >= 0.6 is 11.6 Å². The van der Waals surface area contributed by atoms with Gasteiger partial charge in [0.05, 0.1) is 10.9 Å². The van der Waals surface area contributed by atoms with Gasteiger partial charge in [-0.1, -0.05) is 75.1 Å². The molecule has 3 nitrogen and oxygen atoms in total. The largest absolute Gasteiger partial charge is 0.350 e. The van der Waals surface area contributed by atoms with E-state index >= 15 is 0 Å². The third kappa shape index (κ3) is 15.3. The minimum Gasteiger partial charge on any atom is -0.350 e. The average Bonchev–Trinajstić information content (AvgIpc) is 2.68. The summed E-state index contributed by atoms with van der Waals surface area (Å²) in [5, 5.41) is 3.32. The molecule has 0 spiro atoms. The van der Waals surface area contributed by atoms with E-state index in [1.165, 1.54) is 13.0 Å². The first-order valence-corrected chi connectivity index (χ1v) is 10.1. The molecule has 0 aliphatic carbocycles. The van der Waals surface area contributed by atoms with E-state index in [-0.39, 0.29) is 11.7 Å². The van der Waals surface area contributed by atoms with Gasteiger partial charge in [0.1, 0.15) is 5.70 Å². The molecule has 5 heteroatoms. The van der Waals surface area contributed by atoms with Crippen LogP contribution in [-0.4, -0.2) is 24.4 Å². The van der Waals surface area contributed by atoms with Crippen LogP contribution in [0.2, 0.25) is 0 Å². The van der Waals surface area contributed by atoms with Crippen molar-refractivity contribution in [2.24, 2.45) is 0 Å². The van der Waals surface area contributed by atoms with Crippen molar-refractivity contribution < 1.29 is 9.18 Å². The number of amides is 1. The topological polar surface area (TPSA) is 32.3 Å². The number of likely N-dealkylation sites (N-methyl/N-ethyl adjacent to an activating group) is 1. The summed E-state index contributed by atoms with van der Waals surface area (Å²) in [5.74, 6) is -0.432. The number of hydrogen-bond acceptors (Lipinski definition) is 2. The summed E-state index contributed by atoms with van der Waals surface area (Å²) in [6, 6.07) is 0. The monoisotopic (exact) mass is 422 g/mol. The van der Waals surface area contributed by atoms with Crippen molar-refractivity contribution in [3.8, 4) is 0 Å². The summed E-state index contributed by atoms with van der Waals surface area (Å²) in [6.45, 7) is 14.8. The third-order valence-corrected chi connectivity index (χ3v) is 3.87. The SMILES string of the molecule is C=C/C=C/C.C=C/C=C\C(Cl)=C/N(C)C(C(=O)NCC/C=C(\C)F)=C(CC)CC. The molecule has 162 valence electrons. The van der Waals surface area contributed by atoms with E-state index in [0.717, 1.165) is 18.4 Å². The Balaban J connectivity index is 0. The van der Waals surface area contributed by atoms with Gasteiger partial charge >= 0.3 is 0 Å². The van der Waals surface area contributed by atoms with Crippen molar-refractivity contribution in [3.63, 3.8) is 0 Å². The van der Waals surface area contributed by atoms with Gasteiger partial charge in [-0.25, -0.2) is 4.39 Å². The number of carbonyl (C=O) groups excluding carboxylic acids is 1. The Morgan fingerprint density at radius 2 is 1.76 bits per heavy atom. The van der Waals surface area contributed by atoms with E-state index in [1.807, 2.05) is 32.9 Å². The highest BCUT2D eigenvalue weighted by atomic mass is 35.5. The van der Waals surface area contributed by atoms with Crippen LogP contribution in [0.15, 0.2) is 84.0 Å². The molecule has 0 heterocycles. The van der Waals surface area contributed by atoms with E-state index in [9.17, 15) is 9.18 Å². The quantitative estimate of drug-likeness (QED) is 0.222. The Morgan fingerprint density at radius 1 is 1.17 bits per heavy atom. The van der Waals surface area contributed by atoms with Crippen LogP contribution in [0, 0.1) is 0 Å². The highest BCUT2D eigenvalue weighted by Crippen LogP contribution is 2.18. The zero-order valence-corrected chi connectivity index (χ0v) is 19.2. The van der Waals surface area contributed by atoms with Crippen molar-refractivity contribution >= 4 is 17.5 Å². The molecule has 0 aliphatic rings. The van der Waals surface area contributed by atoms with Crippen LogP contribution in [0.4, 0.5) is 4.39 Å². The van der Waals surface area contributed by atoms with Gasteiger partial charge in [-0.3, -0.25) is 4.79 Å². The van der Waals surface area contributed by atoms with Gasteiger partial charge in [-0.2, -0.15) is 0 Å². The Kier molecular flexibility index (Phi) is 18.9. The summed E-state index contributed by atoms with van der Waals surface area (Å²) in [4.78, 5) is 14.3. The Hall–Kier alpha value is -2.33. The first-order chi connectivity index (χ1) is 13.8. The molecule has 0 aromatic rings. The summed E-state index contributed by atoms with van der Waals surface area (Å²) >= 11 is 6.14. The number of halogens is 2. The fourth-order valence-electron chi connectivity index (χ4n) is 2.28. The standard InChI is InChI=1S/C19H28ClFN2O.C5H8/c1-6-9-12-17(20)14-23(5)18(16(7-2)8-3)19(24)22-13-10-11-15(4)21;1-3-5-4-2/h6,9,11-12,14H,1,7-8,10,13H2,2-5H3,(H,22,24);3-5H,1H2,2H3/b12-9-,15-11+,17-14+;5-4+. The molecule has 0 bridgehead atoms. The second-order valence-electron chi connectivity index (χ2n) is 5.98. The molecule has 0 fully saturated rings. The predicted octanol–water partition coefficient (Wildman–Crippen LogP) is 6.94. The van der Waals surface area contributed by atoms with Gasteiger partial charge in [0, 0.05) is 19.8 Å². The number of carbonyl (C=O) groups is 1. The Bertz CT molecular complexity index is 648. The van der Waals surface area contributed by atoms with Gasteiger partial charge in [-0.05, 0) is 44.8 Å². The van der Waals surface area contributed by atoms with Crippen molar-refractivity contribution in [1.29, 1.82) is 0 Å². The minimum atomic E-state index is -0.247. The van der Waals surface area contributed by atoms with Crippen molar-refractivity contribution in [2.75, 3.05) is 13.6 Å². The lowest BCUT2D eigenvalue weighted by Gasteiger charge is -2.22. The Morgan fingerprint density at radius 3 is 2.17 bits per heavy atom. The fourth-order valence-corrected chi connectivity index (χ4v) is 2.50. The average molecular weight is 423 g/mol. The van der Waals surface area contributed by atoms with Gasteiger partial charge in [0.2, 0.25) is 0 Å². The summed E-state index contributed by atoms with van der Waals surface area (Å²) in [7, 11) is 1.79. The van der Waals surface area contributed by atoms with Crippen LogP contribution in [0.25, 0.3) is 0 Å². The summed E-state index contributed by atoms with van der Waals surface area (Å²) in [5.41, 5.74) is 1.60. The molecule has 0 aromatic heterocycles. The summed E-state index contributed by atoms with van der Waals surface area (Å²) in [6.07, 6.45) is 15.8. The molecular weight excluding hydrogens is 387 g/mol. The number of nitrogens with one attached hydrogen (secondary N) is 1. The van der Waals surface area contributed by atoms with Crippen molar-refractivity contribution in [1.82, 2.24) is 10.2 Å². The molecule has 0 aliphatic heterocycles. The molecule has 0 unspecified atom stereocenters. The van der Waals surface area contributed by atoms with Gasteiger partial charge < -0.3 is 10.2 Å². The minimum absolute atomic E-state index is 0.186. The maximum absolute atomic E-state index is 12.7. The molecule has 1 amide bonds. The predicted molar refractivity (Wildman–Crippen MR) is 126 cm³/mol. The van der Waals surface area contributed by atoms with Crippen LogP contribution in [0.1, 0.15) is 47.0 Å². The van der Waals surface area contributed by atoms with E-state index in [2.05, 4.69) is 18.5 Å². The maximum Gasteiger partial charge on any atom is 0.267 e. The summed E-state index contributed by atoms with van der Waals surface area (Å²) < 4.78 is 12.7. The molecule has 29 heavy (non-hydrogen) atoms. The molecule has 0 rings (SSSR count). The lowest BCUT2D eigenvalue weighted by molar-refractivity contribution is -0.118. The zero-order valence-electron chi connectivity index (χ0n) is 18.5. The molecule has 0 atom stereocenters. The van der Waals surface area contributed by atoms with Crippen molar-refractivity contribution in [3.05, 3.63) is 84.0 Å². The molecule has 0 saturated heterocycles. The van der Waals surface area contributed by atoms with Gasteiger partial charge in [0.15, 0.2) is 0 Å². The molecular formula is C24H36ClFN2O. The normalized spacial score (nSPS) is 11.7.